The summed E-state index contributed by atoms with van der Waals surface area (Å²) in [7, 11) is 2.57. The third kappa shape index (κ3) is 3.74. The van der Waals surface area contributed by atoms with E-state index in [-0.39, 0.29) is 18.8 Å². The summed E-state index contributed by atoms with van der Waals surface area (Å²) in [4.78, 5) is 39.1. The van der Waals surface area contributed by atoms with Gasteiger partial charge in [-0.3, -0.25) is 4.79 Å². The number of nitrogens with one attached hydrogen (secondary N) is 2. The van der Waals surface area contributed by atoms with Gasteiger partial charge in [-0.2, -0.15) is 13.2 Å². The van der Waals surface area contributed by atoms with Gasteiger partial charge in [-0.15, -0.1) is 0 Å². The van der Waals surface area contributed by atoms with Crippen molar-refractivity contribution in [2.45, 2.75) is 12.2 Å². The number of fused-ring (bicyclic) bond motifs is 3. The maximum absolute atomic E-state index is 13.2. The molecule has 0 aromatic heterocycles. The molecule has 0 spiro atoms. The number of para-hydroxylation sites is 1. The first kappa shape index (κ1) is 23.2. The van der Waals surface area contributed by atoms with E-state index in [1.165, 1.54) is 14.2 Å². The first-order valence-electron chi connectivity index (χ1n) is 10.2. The lowest BCUT2D eigenvalue weighted by Gasteiger charge is -2.38. The summed E-state index contributed by atoms with van der Waals surface area (Å²) in [6.07, 6.45) is -4.52. The molecule has 2 heterocycles. The van der Waals surface area contributed by atoms with E-state index in [0.29, 0.717) is 11.3 Å². The Morgan fingerprint density at radius 2 is 1.76 bits per heavy atom. The van der Waals surface area contributed by atoms with Crippen LogP contribution in [0.1, 0.15) is 17.2 Å². The van der Waals surface area contributed by atoms with Gasteiger partial charge >= 0.3 is 24.2 Å². The summed E-state index contributed by atoms with van der Waals surface area (Å²) < 4.78 is 49.4. The van der Waals surface area contributed by atoms with Crippen molar-refractivity contribution in [1.29, 1.82) is 0 Å². The van der Waals surface area contributed by atoms with Crippen LogP contribution >= 0.6 is 0 Å². The van der Waals surface area contributed by atoms with E-state index in [1.807, 2.05) is 0 Å². The maximum atomic E-state index is 13.2. The molecule has 2 aliphatic heterocycles. The summed E-state index contributed by atoms with van der Waals surface area (Å²) in [5.74, 6) is -0.225. The standard InChI is InChI=1S/C22H21F3N4O5/c1-26-19(31)29-17-15-5-3-4-6-16(15)34-12-21(17,18(30)33-2)11-28(29)20(32)27-14-9-7-13(8-10-14)22(23,24)25/h3-10,17H,11-12H2,1-2H3,(H,26,31)(H,27,32). The summed E-state index contributed by atoms with van der Waals surface area (Å²) in [5, 5.41) is 7.09. The lowest BCUT2D eigenvalue weighted by molar-refractivity contribution is -0.156. The number of esters is 1. The zero-order valence-electron chi connectivity index (χ0n) is 18.2. The van der Waals surface area contributed by atoms with Crippen LogP contribution in [0.4, 0.5) is 28.4 Å². The molecular weight excluding hydrogens is 457 g/mol. The molecule has 2 aliphatic rings. The number of halogens is 3. The van der Waals surface area contributed by atoms with Crippen molar-refractivity contribution < 1.29 is 37.0 Å². The Kier molecular flexibility index (Phi) is 5.75. The van der Waals surface area contributed by atoms with Crippen LogP contribution in [0, 0.1) is 5.41 Å². The third-order valence-electron chi connectivity index (χ3n) is 5.87. The lowest BCUT2D eigenvalue weighted by Crippen LogP contribution is -2.51. The fourth-order valence-electron chi connectivity index (χ4n) is 4.28. The lowest BCUT2D eigenvalue weighted by atomic mass is 9.76. The number of alkyl halides is 3. The molecule has 2 N–H and O–H groups in total. The van der Waals surface area contributed by atoms with Gasteiger partial charge in [0.1, 0.15) is 23.8 Å². The van der Waals surface area contributed by atoms with Crippen molar-refractivity contribution in [2.75, 3.05) is 32.6 Å². The quantitative estimate of drug-likeness (QED) is 0.645. The average molecular weight is 478 g/mol. The number of carbonyl (C=O) groups excluding carboxylic acids is 3. The third-order valence-corrected chi connectivity index (χ3v) is 5.87. The molecule has 180 valence electrons. The van der Waals surface area contributed by atoms with Crippen LogP contribution in [0.5, 0.6) is 5.75 Å². The summed E-state index contributed by atoms with van der Waals surface area (Å²) in [6, 6.07) is 8.25. The summed E-state index contributed by atoms with van der Waals surface area (Å²) in [5.41, 5.74) is -1.71. The van der Waals surface area contributed by atoms with Gasteiger partial charge in [-0.25, -0.2) is 19.6 Å². The topological polar surface area (TPSA) is 100 Å². The summed E-state index contributed by atoms with van der Waals surface area (Å²) >= 11 is 0. The number of anilines is 1. The van der Waals surface area contributed by atoms with Gasteiger partial charge in [0, 0.05) is 18.3 Å². The van der Waals surface area contributed by atoms with Crippen molar-refractivity contribution in [2.24, 2.45) is 5.41 Å². The zero-order valence-corrected chi connectivity index (χ0v) is 18.2. The number of ether oxygens (including phenoxy) is 2. The fourth-order valence-corrected chi connectivity index (χ4v) is 4.28. The molecule has 0 bridgehead atoms. The zero-order chi connectivity index (χ0) is 24.7. The van der Waals surface area contributed by atoms with Crippen molar-refractivity contribution in [3.8, 4) is 5.75 Å². The Bertz CT molecular complexity index is 1120. The number of hydrogen-bond donors (Lipinski definition) is 2. The number of urea groups is 2. The summed E-state index contributed by atoms with van der Waals surface area (Å²) in [6.45, 7) is -0.419. The molecule has 12 heteroatoms. The molecule has 1 fully saturated rings. The Balaban J connectivity index is 1.72. The monoisotopic (exact) mass is 478 g/mol. The molecule has 1 saturated heterocycles. The van der Waals surface area contributed by atoms with Crippen molar-refractivity contribution >= 4 is 23.7 Å². The molecule has 9 nitrogen and oxygen atoms in total. The van der Waals surface area contributed by atoms with E-state index in [0.717, 1.165) is 34.3 Å². The predicted octanol–water partition coefficient (Wildman–Crippen LogP) is 3.40. The number of rotatable bonds is 2. The second-order valence-electron chi connectivity index (χ2n) is 7.84. The predicted molar refractivity (Wildman–Crippen MR) is 113 cm³/mol. The number of carbonyl (C=O) groups is 3. The molecule has 4 rings (SSSR count). The van der Waals surface area contributed by atoms with Gasteiger partial charge in [-0.05, 0) is 30.3 Å². The largest absolute Gasteiger partial charge is 0.492 e. The van der Waals surface area contributed by atoms with Crippen LogP contribution in [0.15, 0.2) is 48.5 Å². The number of hydrazine groups is 1. The first-order chi connectivity index (χ1) is 16.1. The van der Waals surface area contributed by atoms with Crippen LogP contribution in [-0.4, -0.2) is 55.4 Å². The average Bonchev–Trinajstić information content (AvgIpc) is 3.20. The number of nitrogens with zero attached hydrogens (tertiary/aromatic N) is 2. The van der Waals surface area contributed by atoms with Gasteiger partial charge in [0.05, 0.1) is 19.2 Å². The van der Waals surface area contributed by atoms with Crippen LogP contribution in [0.25, 0.3) is 0 Å². The molecule has 2 unspecified atom stereocenters. The highest BCUT2D eigenvalue weighted by molar-refractivity contribution is 5.93. The molecule has 0 saturated carbocycles. The minimum atomic E-state index is -4.52. The number of hydrogen-bond acceptors (Lipinski definition) is 5. The number of amides is 4. The van der Waals surface area contributed by atoms with Crippen molar-refractivity contribution in [3.63, 3.8) is 0 Å². The number of methoxy groups -OCH3 is 1. The highest BCUT2D eigenvalue weighted by Gasteiger charge is 2.63. The molecular formula is C22H21F3N4O5. The van der Waals surface area contributed by atoms with Gasteiger partial charge in [0.25, 0.3) is 0 Å². The van der Waals surface area contributed by atoms with Gasteiger partial charge < -0.3 is 20.1 Å². The van der Waals surface area contributed by atoms with Crippen LogP contribution < -0.4 is 15.4 Å². The van der Waals surface area contributed by atoms with Crippen LogP contribution in [0.3, 0.4) is 0 Å². The SMILES string of the molecule is CNC(=O)N1C2c3ccccc3OCC2(C(=O)OC)CN1C(=O)Nc1ccc(C(F)(F)F)cc1. The molecule has 4 amide bonds. The van der Waals surface area contributed by atoms with E-state index in [1.54, 1.807) is 24.3 Å². The van der Waals surface area contributed by atoms with Crippen molar-refractivity contribution in [1.82, 2.24) is 15.3 Å². The highest BCUT2D eigenvalue weighted by atomic mass is 19.4. The normalized spacial score (nSPS) is 21.1. The van der Waals surface area contributed by atoms with E-state index in [2.05, 4.69) is 10.6 Å². The molecule has 2 atom stereocenters. The second kappa shape index (κ2) is 8.43. The molecule has 0 radical (unpaired) electrons. The van der Waals surface area contributed by atoms with Gasteiger partial charge in [-0.1, -0.05) is 18.2 Å². The van der Waals surface area contributed by atoms with Crippen molar-refractivity contribution in [3.05, 3.63) is 59.7 Å². The number of benzene rings is 2. The van der Waals surface area contributed by atoms with E-state index < -0.39 is 41.2 Å². The Morgan fingerprint density at radius 3 is 2.38 bits per heavy atom. The Morgan fingerprint density at radius 1 is 1.09 bits per heavy atom. The van der Waals surface area contributed by atoms with E-state index in [4.69, 9.17) is 9.47 Å². The second-order valence-corrected chi connectivity index (χ2v) is 7.84. The van der Waals surface area contributed by atoms with E-state index >= 15 is 0 Å². The van der Waals surface area contributed by atoms with Gasteiger partial charge in [0.2, 0.25) is 0 Å². The minimum absolute atomic E-state index is 0.0773. The fraction of sp³-hybridized carbons (Fsp3) is 0.318. The first-order valence-corrected chi connectivity index (χ1v) is 10.2. The van der Waals surface area contributed by atoms with Crippen LogP contribution in [-0.2, 0) is 15.7 Å². The van der Waals surface area contributed by atoms with Crippen LogP contribution in [0.2, 0.25) is 0 Å². The minimum Gasteiger partial charge on any atom is -0.492 e. The molecule has 2 aromatic rings. The Labute approximate surface area is 192 Å². The molecule has 2 aromatic carbocycles. The van der Waals surface area contributed by atoms with Gasteiger partial charge in [0.15, 0.2) is 0 Å². The Hall–Kier alpha value is -3.96. The molecule has 0 aliphatic carbocycles. The van der Waals surface area contributed by atoms with E-state index in [9.17, 15) is 27.6 Å². The molecule has 34 heavy (non-hydrogen) atoms. The highest BCUT2D eigenvalue weighted by Crippen LogP contribution is 2.52. The smallest absolute Gasteiger partial charge is 0.416 e. The maximum Gasteiger partial charge on any atom is 0.416 e.